The number of phenolic OH excluding ortho intramolecular Hbond substituents is 1. The first-order valence-electron chi connectivity index (χ1n) is 12.0. The third kappa shape index (κ3) is 4.20. The van der Waals surface area contributed by atoms with Gasteiger partial charge in [-0.05, 0) is 54.8 Å². The van der Waals surface area contributed by atoms with Crippen LogP contribution in [0.15, 0.2) is 48.5 Å². The number of phenols is 1. The maximum Gasteiger partial charge on any atom is 0.273 e. The van der Waals surface area contributed by atoms with Gasteiger partial charge in [-0.15, -0.1) is 0 Å². The van der Waals surface area contributed by atoms with E-state index in [1.165, 1.54) is 0 Å². The summed E-state index contributed by atoms with van der Waals surface area (Å²) in [6.07, 6.45) is 0. The minimum atomic E-state index is -0.569. The topological polar surface area (TPSA) is 96.9 Å². The van der Waals surface area contributed by atoms with Crippen molar-refractivity contribution in [3.8, 4) is 34.3 Å². The number of aromatic hydroxyl groups is 1. The van der Waals surface area contributed by atoms with Crippen LogP contribution < -0.4 is 14.2 Å². The van der Waals surface area contributed by atoms with Crippen LogP contribution in [-0.2, 0) is 6.54 Å². The minimum Gasteiger partial charge on any atom is -0.507 e. The van der Waals surface area contributed by atoms with Gasteiger partial charge in [0.1, 0.15) is 17.1 Å². The third-order valence-corrected chi connectivity index (χ3v) is 7.28. The molecule has 1 aliphatic heterocycles. The summed E-state index contributed by atoms with van der Waals surface area (Å²) in [5.41, 5.74) is 5.43. The second kappa shape index (κ2) is 9.95. The third-order valence-electron chi connectivity index (χ3n) is 6.87. The monoisotopic (exact) mass is 533 g/mol. The Kier molecular flexibility index (Phi) is 6.67. The number of aromatic nitrogens is 2. The molecule has 0 spiro atoms. The van der Waals surface area contributed by atoms with Gasteiger partial charge in [0.2, 0.25) is 5.75 Å². The molecule has 1 aromatic heterocycles. The first-order valence-corrected chi connectivity index (χ1v) is 12.4. The van der Waals surface area contributed by atoms with Crippen molar-refractivity contribution in [3.05, 3.63) is 87.1 Å². The molecule has 9 heteroatoms. The standard InChI is InChI=1S/C29H28ClN3O5/c1-15-6-8-17(9-7-15)14-33-27(18-11-22(36-3)28(38-5)23(12-18)37-4)24-25(31-32-26(24)29(33)35)19-13-20(30)16(2)10-21(19)34/h6-13,27,34H,14H2,1-5H3,(H,31,32). The number of methoxy groups -OCH3 is 3. The van der Waals surface area contributed by atoms with Gasteiger partial charge >= 0.3 is 0 Å². The second-order valence-electron chi connectivity index (χ2n) is 9.26. The van der Waals surface area contributed by atoms with Crippen molar-refractivity contribution in [1.82, 2.24) is 15.1 Å². The van der Waals surface area contributed by atoms with Crippen LogP contribution in [0, 0.1) is 13.8 Å². The number of hydrogen-bond donors (Lipinski definition) is 2. The van der Waals surface area contributed by atoms with E-state index in [0.717, 1.165) is 22.3 Å². The first-order chi connectivity index (χ1) is 18.3. The summed E-state index contributed by atoms with van der Waals surface area (Å²) in [5, 5.41) is 18.7. The summed E-state index contributed by atoms with van der Waals surface area (Å²) in [6, 6.07) is 14.4. The molecule has 4 aromatic rings. The Labute approximate surface area is 225 Å². The minimum absolute atomic E-state index is 0.0225. The number of benzene rings is 3. The van der Waals surface area contributed by atoms with E-state index in [-0.39, 0.29) is 11.7 Å². The van der Waals surface area contributed by atoms with Crippen LogP contribution in [0.2, 0.25) is 5.02 Å². The Morgan fingerprint density at radius 1 is 1.00 bits per heavy atom. The van der Waals surface area contributed by atoms with Crippen molar-refractivity contribution < 1.29 is 24.1 Å². The number of aromatic amines is 1. The molecule has 0 fully saturated rings. The van der Waals surface area contributed by atoms with Gasteiger partial charge in [0.05, 0.1) is 27.4 Å². The molecule has 5 rings (SSSR count). The number of halogens is 1. The molecule has 0 bridgehead atoms. The van der Waals surface area contributed by atoms with Crippen LogP contribution >= 0.6 is 11.6 Å². The van der Waals surface area contributed by atoms with Crippen LogP contribution in [0.3, 0.4) is 0 Å². The molecule has 2 N–H and O–H groups in total. The van der Waals surface area contributed by atoms with Crippen LogP contribution in [-0.4, -0.2) is 47.4 Å². The highest BCUT2D eigenvalue weighted by Crippen LogP contribution is 2.49. The molecule has 1 amide bonds. The lowest BCUT2D eigenvalue weighted by Crippen LogP contribution is -2.29. The maximum atomic E-state index is 13.8. The predicted molar refractivity (Wildman–Crippen MR) is 144 cm³/mol. The lowest BCUT2D eigenvalue weighted by atomic mass is 9.94. The molecule has 0 saturated heterocycles. The van der Waals surface area contributed by atoms with Crippen LogP contribution in [0.5, 0.6) is 23.0 Å². The number of amides is 1. The fraction of sp³-hybridized carbons (Fsp3) is 0.241. The van der Waals surface area contributed by atoms with E-state index < -0.39 is 6.04 Å². The van der Waals surface area contributed by atoms with Crippen LogP contribution in [0.25, 0.3) is 11.3 Å². The second-order valence-corrected chi connectivity index (χ2v) is 9.67. The van der Waals surface area contributed by atoms with Gasteiger partial charge in [0, 0.05) is 22.7 Å². The van der Waals surface area contributed by atoms with Gasteiger partial charge < -0.3 is 24.2 Å². The molecule has 0 saturated carbocycles. The Morgan fingerprint density at radius 3 is 2.26 bits per heavy atom. The number of carbonyl (C=O) groups excluding carboxylic acids is 1. The average Bonchev–Trinajstić information content (AvgIpc) is 3.45. The van der Waals surface area contributed by atoms with Crippen molar-refractivity contribution in [2.45, 2.75) is 26.4 Å². The lowest BCUT2D eigenvalue weighted by molar-refractivity contribution is 0.0729. The molecule has 8 nitrogen and oxygen atoms in total. The fourth-order valence-electron chi connectivity index (χ4n) is 4.92. The molecule has 1 aliphatic rings. The maximum absolute atomic E-state index is 13.8. The summed E-state index contributed by atoms with van der Waals surface area (Å²) in [7, 11) is 4.64. The lowest BCUT2D eigenvalue weighted by Gasteiger charge is -2.27. The molecular formula is C29H28ClN3O5. The van der Waals surface area contributed by atoms with E-state index in [0.29, 0.717) is 51.3 Å². The smallest absolute Gasteiger partial charge is 0.273 e. The number of aryl methyl sites for hydroxylation is 2. The highest BCUT2D eigenvalue weighted by molar-refractivity contribution is 6.31. The Hall–Kier alpha value is -4.17. The van der Waals surface area contributed by atoms with Crippen molar-refractivity contribution in [2.75, 3.05) is 21.3 Å². The molecule has 0 radical (unpaired) electrons. The Bertz CT molecular complexity index is 1510. The molecule has 196 valence electrons. The normalized spacial score (nSPS) is 14.5. The molecule has 0 aliphatic carbocycles. The van der Waals surface area contributed by atoms with Gasteiger partial charge in [-0.1, -0.05) is 41.4 Å². The van der Waals surface area contributed by atoms with Crippen LogP contribution in [0.4, 0.5) is 0 Å². The summed E-state index contributed by atoms with van der Waals surface area (Å²) in [5.74, 6) is 1.18. The SMILES string of the molecule is COc1cc(C2c3c(-c4cc(Cl)c(C)cc4O)n[nH]c3C(=O)N2Cc2ccc(C)cc2)cc(OC)c1OC. The number of nitrogens with one attached hydrogen (secondary N) is 1. The number of carbonyl (C=O) groups is 1. The highest BCUT2D eigenvalue weighted by Gasteiger charge is 2.43. The summed E-state index contributed by atoms with van der Waals surface area (Å²) in [6.45, 7) is 4.18. The molecule has 1 unspecified atom stereocenters. The van der Waals surface area contributed by atoms with Gasteiger partial charge in [0.25, 0.3) is 5.91 Å². The largest absolute Gasteiger partial charge is 0.507 e. The quantitative estimate of drug-likeness (QED) is 0.310. The molecule has 3 aromatic carbocycles. The number of nitrogens with zero attached hydrogens (tertiary/aromatic N) is 2. The number of ether oxygens (including phenoxy) is 3. The summed E-state index contributed by atoms with van der Waals surface area (Å²) >= 11 is 6.42. The zero-order chi connectivity index (χ0) is 27.1. The van der Waals surface area contributed by atoms with Crippen molar-refractivity contribution in [1.29, 1.82) is 0 Å². The zero-order valence-corrected chi connectivity index (χ0v) is 22.5. The number of rotatable bonds is 7. The van der Waals surface area contributed by atoms with Gasteiger partial charge in [0.15, 0.2) is 11.5 Å². The molecule has 38 heavy (non-hydrogen) atoms. The van der Waals surface area contributed by atoms with Gasteiger partial charge in [-0.3, -0.25) is 9.89 Å². The van der Waals surface area contributed by atoms with E-state index >= 15 is 0 Å². The number of hydrogen-bond acceptors (Lipinski definition) is 6. The van der Waals surface area contributed by atoms with Crippen molar-refractivity contribution in [2.24, 2.45) is 0 Å². The fourth-order valence-corrected chi connectivity index (χ4v) is 5.08. The molecular weight excluding hydrogens is 506 g/mol. The zero-order valence-electron chi connectivity index (χ0n) is 21.8. The Balaban J connectivity index is 1.73. The van der Waals surface area contributed by atoms with E-state index in [4.69, 9.17) is 25.8 Å². The van der Waals surface area contributed by atoms with Crippen molar-refractivity contribution in [3.63, 3.8) is 0 Å². The van der Waals surface area contributed by atoms with E-state index in [9.17, 15) is 9.90 Å². The number of H-pyrrole nitrogens is 1. The highest BCUT2D eigenvalue weighted by atomic mass is 35.5. The summed E-state index contributed by atoms with van der Waals surface area (Å²) < 4.78 is 16.8. The average molecular weight is 534 g/mol. The Morgan fingerprint density at radius 2 is 1.66 bits per heavy atom. The van der Waals surface area contributed by atoms with Gasteiger partial charge in [-0.25, -0.2) is 0 Å². The van der Waals surface area contributed by atoms with E-state index in [1.807, 2.05) is 50.2 Å². The summed E-state index contributed by atoms with van der Waals surface area (Å²) in [4.78, 5) is 15.6. The van der Waals surface area contributed by atoms with Crippen molar-refractivity contribution >= 4 is 17.5 Å². The molecule has 2 heterocycles. The predicted octanol–water partition coefficient (Wildman–Crippen LogP) is 5.82. The van der Waals surface area contributed by atoms with Gasteiger partial charge in [-0.2, -0.15) is 5.10 Å². The van der Waals surface area contributed by atoms with Crippen LogP contribution in [0.1, 0.15) is 44.3 Å². The molecule has 1 atom stereocenters. The van der Waals surface area contributed by atoms with E-state index in [1.54, 1.807) is 38.4 Å². The van der Waals surface area contributed by atoms with E-state index in [2.05, 4.69) is 10.2 Å². The first kappa shape index (κ1) is 25.5. The number of fused-ring (bicyclic) bond motifs is 1.